The number of ether oxygens (including phenoxy) is 2. The molecule has 130 valence electrons. The van der Waals surface area contributed by atoms with Crippen LogP contribution in [0.1, 0.15) is 61.0 Å². The number of rotatable bonds is 5. The topological polar surface area (TPSA) is 57.1 Å². The van der Waals surface area contributed by atoms with Crippen LogP contribution in [0, 0.1) is 0 Å². The molecule has 5 nitrogen and oxygen atoms in total. The van der Waals surface area contributed by atoms with Crippen LogP contribution in [0.4, 0.5) is 0 Å². The van der Waals surface area contributed by atoms with Crippen LogP contribution in [0.15, 0.2) is 23.4 Å². The monoisotopic (exact) mass is 331 g/mol. The van der Waals surface area contributed by atoms with Gasteiger partial charge in [-0.1, -0.05) is 24.2 Å². The molecule has 0 radical (unpaired) electrons. The molecule has 5 heteroatoms. The summed E-state index contributed by atoms with van der Waals surface area (Å²) in [5.74, 6) is 0.266. The van der Waals surface area contributed by atoms with Gasteiger partial charge < -0.3 is 14.3 Å². The third-order valence-corrected chi connectivity index (χ3v) is 4.77. The molecule has 1 fully saturated rings. The number of aryl methyl sites for hydroxylation is 1. The number of hydrogen-bond donors (Lipinski definition) is 0. The summed E-state index contributed by atoms with van der Waals surface area (Å²) in [6.45, 7) is 6.63. The molecule has 0 saturated carbocycles. The van der Waals surface area contributed by atoms with E-state index < -0.39 is 6.29 Å². The van der Waals surface area contributed by atoms with Crippen molar-refractivity contribution < 1.29 is 19.1 Å². The van der Waals surface area contributed by atoms with E-state index in [2.05, 4.69) is 11.2 Å². The molecule has 0 bridgehead atoms. The smallest absolute Gasteiger partial charge is 0.200 e. The van der Waals surface area contributed by atoms with Crippen molar-refractivity contribution in [3.05, 3.63) is 34.9 Å². The van der Waals surface area contributed by atoms with Gasteiger partial charge in [0.2, 0.25) is 6.29 Å². The molecule has 2 aliphatic rings. The molecule has 1 saturated heterocycles. The summed E-state index contributed by atoms with van der Waals surface area (Å²) in [6.07, 6.45) is 2.32. The van der Waals surface area contributed by atoms with Crippen LogP contribution in [0.5, 0.6) is 0 Å². The van der Waals surface area contributed by atoms with E-state index in [0.29, 0.717) is 13.2 Å². The Kier molecular flexibility index (Phi) is 5.31. The van der Waals surface area contributed by atoms with Crippen molar-refractivity contribution in [1.29, 1.82) is 0 Å². The number of carbonyl (C=O) groups is 1. The van der Waals surface area contributed by atoms with Crippen molar-refractivity contribution in [2.24, 2.45) is 5.16 Å². The summed E-state index contributed by atoms with van der Waals surface area (Å²) in [5.41, 5.74) is 4.03. The number of Topliss-reactive ketones (excluding diaryl/α,β-unsaturated/α-hetero) is 1. The van der Waals surface area contributed by atoms with Crippen molar-refractivity contribution in [3.8, 4) is 0 Å². The fourth-order valence-corrected chi connectivity index (χ4v) is 3.43. The summed E-state index contributed by atoms with van der Waals surface area (Å²) < 4.78 is 12.1. The predicted molar refractivity (Wildman–Crippen MR) is 91.5 cm³/mol. The summed E-state index contributed by atoms with van der Waals surface area (Å²) in [5, 5.41) is 4.13. The number of hydrogen-bond acceptors (Lipinski definition) is 5. The van der Waals surface area contributed by atoms with Gasteiger partial charge in [-0.25, -0.2) is 0 Å². The Balaban J connectivity index is 1.79. The zero-order chi connectivity index (χ0) is 17.1. The SMILES string of the molecule is CCON=C(CC)C1OCC2c3cc(C(C)=O)ccc3CCC2O1. The second-order valence-electron chi connectivity index (χ2n) is 6.31. The first-order chi connectivity index (χ1) is 11.6. The highest BCUT2D eigenvalue weighted by molar-refractivity contribution is 5.94. The van der Waals surface area contributed by atoms with Crippen LogP contribution >= 0.6 is 0 Å². The van der Waals surface area contributed by atoms with E-state index >= 15 is 0 Å². The van der Waals surface area contributed by atoms with Crippen molar-refractivity contribution in [3.63, 3.8) is 0 Å². The van der Waals surface area contributed by atoms with E-state index in [4.69, 9.17) is 14.3 Å². The average molecular weight is 331 g/mol. The van der Waals surface area contributed by atoms with E-state index in [-0.39, 0.29) is 17.8 Å². The average Bonchev–Trinajstić information content (AvgIpc) is 2.61. The van der Waals surface area contributed by atoms with Crippen LogP contribution in [0.2, 0.25) is 0 Å². The molecular formula is C19H25NO4. The Labute approximate surface area is 143 Å². The zero-order valence-electron chi connectivity index (χ0n) is 14.6. The minimum atomic E-state index is -0.430. The first-order valence-electron chi connectivity index (χ1n) is 8.73. The molecule has 24 heavy (non-hydrogen) atoms. The highest BCUT2D eigenvalue weighted by atomic mass is 16.7. The van der Waals surface area contributed by atoms with E-state index in [0.717, 1.165) is 30.5 Å². The van der Waals surface area contributed by atoms with Gasteiger partial charge in [0.05, 0.1) is 12.7 Å². The summed E-state index contributed by atoms with van der Waals surface area (Å²) in [7, 11) is 0. The van der Waals surface area contributed by atoms with Crippen LogP contribution in [-0.4, -0.2) is 37.1 Å². The zero-order valence-corrected chi connectivity index (χ0v) is 14.6. The maximum Gasteiger partial charge on any atom is 0.200 e. The quantitative estimate of drug-likeness (QED) is 0.471. The maximum atomic E-state index is 11.7. The molecule has 0 amide bonds. The Morgan fingerprint density at radius 3 is 2.92 bits per heavy atom. The molecule has 1 aromatic rings. The van der Waals surface area contributed by atoms with Crippen molar-refractivity contribution in [2.75, 3.05) is 13.2 Å². The lowest BCUT2D eigenvalue weighted by Crippen LogP contribution is -2.44. The van der Waals surface area contributed by atoms with Gasteiger partial charge >= 0.3 is 0 Å². The summed E-state index contributed by atoms with van der Waals surface area (Å²) in [4.78, 5) is 16.8. The largest absolute Gasteiger partial charge is 0.396 e. The summed E-state index contributed by atoms with van der Waals surface area (Å²) in [6, 6.07) is 6.00. The van der Waals surface area contributed by atoms with E-state index in [1.165, 1.54) is 11.1 Å². The molecule has 1 heterocycles. The first kappa shape index (κ1) is 17.1. The number of fused-ring (bicyclic) bond motifs is 3. The van der Waals surface area contributed by atoms with Crippen LogP contribution in [-0.2, 0) is 20.7 Å². The van der Waals surface area contributed by atoms with Crippen LogP contribution in [0.3, 0.4) is 0 Å². The third kappa shape index (κ3) is 3.37. The number of ketones is 1. The second-order valence-corrected chi connectivity index (χ2v) is 6.31. The second kappa shape index (κ2) is 7.45. The van der Waals surface area contributed by atoms with Crippen molar-refractivity contribution in [1.82, 2.24) is 0 Å². The minimum Gasteiger partial charge on any atom is -0.396 e. The molecule has 3 unspecified atom stereocenters. The molecule has 0 spiro atoms. The molecule has 3 rings (SSSR count). The molecule has 0 N–H and O–H groups in total. The normalized spacial score (nSPS) is 26.5. The van der Waals surface area contributed by atoms with Gasteiger partial charge in [-0.05, 0) is 50.3 Å². The highest BCUT2D eigenvalue weighted by Gasteiger charge is 2.38. The van der Waals surface area contributed by atoms with Crippen LogP contribution < -0.4 is 0 Å². The lowest BCUT2D eigenvalue weighted by Gasteiger charge is -2.40. The summed E-state index contributed by atoms with van der Waals surface area (Å²) >= 11 is 0. The maximum absolute atomic E-state index is 11.7. The Bertz CT molecular complexity index is 640. The van der Waals surface area contributed by atoms with Gasteiger partial charge in [0.1, 0.15) is 12.3 Å². The third-order valence-electron chi connectivity index (χ3n) is 4.77. The number of oxime groups is 1. The lowest BCUT2D eigenvalue weighted by molar-refractivity contribution is -0.191. The van der Waals surface area contributed by atoms with Crippen LogP contribution in [0.25, 0.3) is 0 Å². The molecule has 1 aliphatic carbocycles. The molecule has 0 aromatic heterocycles. The standard InChI is InChI=1S/C19H25NO4/c1-4-17(20-23-5-2)19-22-11-16-15-10-14(12(3)21)7-6-13(15)8-9-18(16)24-19/h6-7,10,16,18-19H,4-5,8-9,11H2,1-3H3. The first-order valence-corrected chi connectivity index (χ1v) is 8.73. The number of carbonyl (C=O) groups excluding carboxylic acids is 1. The highest BCUT2D eigenvalue weighted by Crippen LogP contribution is 2.38. The minimum absolute atomic E-state index is 0.0903. The number of benzene rings is 1. The van der Waals surface area contributed by atoms with Gasteiger partial charge in [0.15, 0.2) is 5.78 Å². The van der Waals surface area contributed by atoms with Gasteiger partial charge in [-0.3, -0.25) is 4.79 Å². The van der Waals surface area contributed by atoms with Gasteiger partial charge in [-0.2, -0.15) is 0 Å². The molecule has 3 atom stereocenters. The van der Waals surface area contributed by atoms with E-state index in [1.54, 1.807) is 6.92 Å². The Hall–Kier alpha value is -1.72. The van der Waals surface area contributed by atoms with E-state index in [9.17, 15) is 4.79 Å². The lowest BCUT2D eigenvalue weighted by atomic mass is 9.79. The fourth-order valence-electron chi connectivity index (χ4n) is 3.43. The Morgan fingerprint density at radius 2 is 2.21 bits per heavy atom. The molecule has 1 aliphatic heterocycles. The fraction of sp³-hybridized carbons (Fsp3) is 0.579. The van der Waals surface area contributed by atoms with Crippen molar-refractivity contribution in [2.45, 2.75) is 58.3 Å². The van der Waals surface area contributed by atoms with Crippen molar-refractivity contribution >= 4 is 11.5 Å². The molecular weight excluding hydrogens is 306 g/mol. The van der Waals surface area contributed by atoms with E-state index in [1.807, 2.05) is 26.0 Å². The van der Waals surface area contributed by atoms with Gasteiger partial charge in [0.25, 0.3) is 0 Å². The Morgan fingerprint density at radius 1 is 1.38 bits per heavy atom. The van der Waals surface area contributed by atoms with Gasteiger partial charge in [-0.15, -0.1) is 0 Å². The predicted octanol–water partition coefficient (Wildman–Crippen LogP) is 3.46. The van der Waals surface area contributed by atoms with Gasteiger partial charge in [0, 0.05) is 11.5 Å². The molecule has 1 aromatic carbocycles. The number of nitrogens with zero attached hydrogens (tertiary/aromatic N) is 1.